The van der Waals surface area contributed by atoms with Crippen molar-refractivity contribution in [2.75, 3.05) is 19.1 Å². The van der Waals surface area contributed by atoms with Crippen molar-refractivity contribution in [2.45, 2.75) is 6.54 Å². The summed E-state index contributed by atoms with van der Waals surface area (Å²) in [5, 5.41) is 3.35. The van der Waals surface area contributed by atoms with Crippen LogP contribution in [0.25, 0.3) is 17.0 Å². The lowest BCUT2D eigenvalue weighted by atomic mass is 10.1. The smallest absolute Gasteiger partial charge is 0.270 e. The quantitative estimate of drug-likeness (QED) is 0.229. The summed E-state index contributed by atoms with van der Waals surface area (Å²) in [7, 11) is 2.99. The summed E-state index contributed by atoms with van der Waals surface area (Å²) >= 11 is 5.34. The largest absolute Gasteiger partial charge is 0.497 e. The van der Waals surface area contributed by atoms with Crippen LogP contribution in [0.1, 0.15) is 11.1 Å². The summed E-state index contributed by atoms with van der Waals surface area (Å²) < 4.78 is 26.9. The zero-order chi connectivity index (χ0) is 26.1. The number of carbonyl (C=O) groups excluding carboxylic acids is 2. The molecule has 1 aromatic heterocycles. The number of halogens is 1. The Morgan fingerprint density at radius 3 is 2.51 bits per heavy atom. The number of rotatable bonds is 6. The fourth-order valence-corrected chi connectivity index (χ4v) is 4.61. The van der Waals surface area contributed by atoms with Gasteiger partial charge in [0, 0.05) is 34.3 Å². The summed E-state index contributed by atoms with van der Waals surface area (Å²) in [5.41, 5.74) is 2.27. The van der Waals surface area contributed by atoms with E-state index in [0.717, 1.165) is 10.9 Å². The molecule has 0 radical (unpaired) electrons. The molecule has 0 spiro atoms. The molecule has 0 atom stereocenters. The molecule has 1 aliphatic heterocycles. The van der Waals surface area contributed by atoms with Gasteiger partial charge < -0.3 is 14.0 Å². The van der Waals surface area contributed by atoms with Gasteiger partial charge in [-0.25, -0.2) is 9.29 Å². The molecule has 7 nitrogen and oxygen atoms in total. The highest BCUT2D eigenvalue weighted by Crippen LogP contribution is 2.35. The van der Waals surface area contributed by atoms with Gasteiger partial charge in [0.05, 0.1) is 26.5 Å². The molecule has 2 amide bonds. The first-order valence-electron chi connectivity index (χ1n) is 11.4. The van der Waals surface area contributed by atoms with E-state index in [1.165, 1.54) is 31.3 Å². The van der Waals surface area contributed by atoms with E-state index in [1.54, 1.807) is 42.6 Å². The van der Waals surface area contributed by atoms with Crippen LogP contribution >= 0.6 is 12.2 Å². The van der Waals surface area contributed by atoms with Gasteiger partial charge in [-0.15, -0.1) is 0 Å². The van der Waals surface area contributed by atoms with Crippen molar-refractivity contribution in [1.29, 1.82) is 0 Å². The van der Waals surface area contributed by atoms with E-state index in [1.807, 2.05) is 28.8 Å². The Kier molecular flexibility index (Phi) is 6.45. The summed E-state index contributed by atoms with van der Waals surface area (Å²) in [6, 6.07) is 19.0. The molecular formula is C28H22FN3O4S. The lowest BCUT2D eigenvalue weighted by Gasteiger charge is -2.30. The maximum absolute atomic E-state index is 14.3. The van der Waals surface area contributed by atoms with Crippen LogP contribution in [0.4, 0.5) is 10.1 Å². The third-order valence-electron chi connectivity index (χ3n) is 6.15. The molecule has 1 N–H and O–H groups in total. The number of benzene rings is 3. The Hall–Kier alpha value is -4.50. The standard InChI is InChI=1S/C28H22FN3O4S/c1-35-19-11-12-24(25(14-19)36-2)32-27(34)21(26(33)30-28(32)37)13-18-16-31(23-10-6-4-8-20(18)23)15-17-7-3-5-9-22(17)29/h3-14,16H,15H2,1-2H3,(H,30,33,37)/b21-13+. The Balaban J connectivity index is 1.58. The highest BCUT2D eigenvalue weighted by molar-refractivity contribution is 7.80. The number of hydrogen-bond acceptors (Lipinski definition) is 5. The lowest BCUT2D eigenvalue weighted by molar-refractivity contribution is -0.122. The van der Waals surface area contributed by atoms with E-state index < -0.39 is 11.8 Å². The monoisotopic (exact) mass is 515 g/mol. The third-order valence-corrected chi connectivity index (χ3v) is 6.43. The lowest BCUT2D eigenvalue weighted by Crippen LogP contribution is -2.54. The number of thiocarbonyl (C=S) groups is 1. The fraction of sp³-hybridized carbons (Fsp3) is 0.107. The number of fused-ring (bicyclic) bond motifs is 1. The van der Waals surface area contributed by atoms with Gasteiger partial charge >= 0.3 is 0 Å². The molecule has 37 heavy (non-hydrogen) atoms. The average molecular weight is 516 g/mol. The van der Waals surface area contributed by atoms with Gasteiger partial charge in [-0.3, -0.25) is 14.9 Å². The minimum atomic E-state index is -0.607. The van der Waals surface area contributed by atoms with Crippen molar-refractivity contribution in [1.82, 2.24) is 9.88 Å². The molecule has 0 unspecified atom stereocenters. The maximum atomic E-state index is 14.3. The second-order valence-corrected chi connectivity index (χ2v) is 8.70. The molecule has 1 saturated heterocycles. The number of para-hydroxylation sites is 1. The number of aromatic nitrogens is 1. The predicted octanol–water partition coefficient (Wildman–Crippen LogP) is 4.68. The number of amides is 2. The van der Waals surface area contributed by atoms with Crippen molar-refractivity contribution in [3.8, 4) is 11.5 Å². The van der Waals surface area contributed by atoms with Crippen molar-refractivity contribution in [2.24, 2.45) is 0 Å². The minimum absolute atomic E-state index is 0.0578. The van der Waals surface area contributed by atoms with Crippen molar-refractivity contribution < 1.29 is 23.5 Å². The number of methoxy groups -OCH3 is 2. The SMILES string of the molecule is COc1ccc(N2C(=O)/C(=C/c3cn(Cc4ccccc4F)c4ccccc34)C(=O)NC2=S)c(OC)c1. The number of anilines is 1. The van der Waals surface area contributed by atoms with Gasteiger partial charge in [-0.05, 0) is 42.6 Å². The molecule has 0 saturated carbocycles. The molecule has 2 heterocycles. The van der Waals surface area contributed by atoms with Gasteiger partial charge in [0.25, 0.3) is 11.8 Å². The van der Waals surface area contributed by atoms with E-state index in [4.69, 9.17) is 21.7 Å². The number of ether oxygens (including phenoxy) is 2. The zero-order valence-corrected chi connectivity index (χ0v) is 20.8. The van der Waals surface area contributed by atoms with Crippen molar-refractivity contribution in [3.63, 3.8) is 0 Å². The van der Waals surface area contributed by atoms with Crippen LogP contribution in [0.15, 0.2) is 78.5 Å². The Morgan fingerprint density at radius 2 is 1.76 bits per heavy atom. The summed E-state index contributed by atoms with van der Waals surface area (Å²) in [6.07, 6.45) is 3.33. The normalized spacial score (nSPS) is 14.8. The molecule has 0 aliphatic carbocycles. The first-order chi connectivity index (χ1) is 17.9. The van der Waals surface area contributed by atoms with Crippen LogP contribution in [0, 0.1) is 5.82 Å². The molecule has 1 fully saturated rings. The fourth-order valence-electron chi connectivity index (χ4n) is 4.33. The van der Waals surface area contributed by atoms with Gasteiger partial charge in [-0.2, -0.15) is 0 Å². The van der Waals surface area contributed by atoms with Crippen LogP contribution in [0.2, 0.25) is 0 Å². The van der Waals surface area contributed by atoms with Crippen LogP contribution in [0.3, 0.4) is 0 Å². The minimum Gasteiger partial charge on any atom is -0.497 e. The van der Waals surface area contributed by atoms with Crippen LogP contribution in [-0.2, 0) is 16.1 Å². The molecule has 1 aliphatic rings. The number of nitrogens with zero attached hydrogens (tertiary/aromatic N) is 2. The third kappa shape index (κ3) is 4.45. The highest BCUT2D eigenvalue weighted by atomic mass is 32.1. The van der Waals surface area contributed by atoms with Crippen LogP contribution in [-0.4, -0.2) is 35.7 Å². The molecule has 5 rings (SSSR count). The van der Waals surface area contributed by atoms with Gasteiger partial charge in [-0.1, -0.05) is 36.4 Å². The second-order valence-electron chi connectivity index (χ2n) is 8.32. The topological polar surface area (TPSA) is 72.8 Å². The van der Waals surface area contributed by atoms with Gasteiger partial charge in [0.15, 0.2) is 5.11 Å². The molecule has 3 aromatic carbocycles. The Morgan fingerprint density at radius 1 is 1.00 bits per heavy atom. The summed E-state index contributed by atoms with van der Waals surface area (Å²) in [6.45, 7) is 0.287. The second kappa shape index (κ2) is 9.87. The van der Waals surface area contributed by atoms with Crippen LogP contribution in [0.5, 0.6) is 11.5 Å². The number of hydrogen-bond donors (Lipinski definition) is 1. The summed E-state index contributed by atoms with van der Waals surface area (Å²) in [4.78, 5) is 27.7. The summed E-state index contributed by atoms with van der Waals surface area (Å²) in [5.74, 6) is -0.613. The van der Waals surface area contributed by atoms with E-state index in [9.17, 15) is 14.0 Å². The molecule has 9 heteroatoms. The highest BCUT2D eigenvalue weighted by Gasteiger charge is 2.36. The number of carbonyl (C=O) groups is 2. The van der Waals surface area contributed by atoms with Gasteiger partial charge in [0.1, 0.15) is 22.9 Å². The van der Waals surface area contributed by atoms with Crippen LogP contribution < -0.4 is 19.7 Å². The molecule has 186 valence electrons. The zero-order valence-electron chi connectivity index (χ0n) is 20.0. The maximum Gasteiger partial charge on any atom is 0.270 e. The van der Waals surface area contributed by atoms with E-state index in [2.05, 4.69) is 5.32 Å². The predicted molar refractivity (Wildman–Crippen MR) is 143 cm³/mol. The Bertz CT molecular complexity index is 1590. The van der Waals surface area contributed by atoms with E-state index >= 15 is 0 Å². The first kappa shape index (κ1) is 24.2. The van der Waals surface area contributed by atoms with Crippen molar-refractivity contribution in [3.05, 3.63) is 95.4 Å². The molecule has 4 aromatic rings. The number of nitrogens with one attached hydrogen (secondary N) is 1. The van der Waals surface area contributed by atoms with Gasteiger partial charge in [0.2, 0.25) is 0 Å². The van der Waals surface area contributed by atoms with E-state index in [0.29, 0.717) is 28.3 Å². The molecule has 0 bridgehead atoms. The molecular weight excluding hydrogens is 493 g/mol. The first-order valence-corrected chi connectivity index (χ1v) is 11.8. The average Bonchev–Trinajstić information content (AvgIpc) is 3.25. The van der Waals surface area contributed by atoms with E-state index in [-0.39, 0.29) is 23.0 Å². The Labute approximate surface area is 217 Å². The van der Waals surface area contributed by atoms with Crippen molar-refractivity contribution >= 4 is 51.8 Å².